The summed E-state index contributed by atoms with van der Waals surface area (Å²) in [7, 11) is 0. The predicted molar refractivity (Wildman–Crippen MR) is 141 cm³/mol. The van der Waals surface area contributed by atoms with Gasteiger partial charge in [0.05, 0.1) is 5.75 Å². The summed E-state index contributed by atoms with van der Waals surface area (Å²) in [5.74, 6) is 1.06. The van der Waals surface area contributed by atoms with Gasteiger partial charge < -0.3 is 10.2 Å². The van der Waals surface area contributed by atoms with Gasteiger partial charge in [-0.15, -0.1) is 11.8 Å². The Morgan fingerprint density at radius 3 is 2.21 bits per heavy atom. The Kier molecular flexibility index (Phi) is 11.1. The van der Waals surface area contributed by atoms with Crippen LogP contribution in [0.25, 0.3) is 0 Å². The molecule has 2 aromatic rings. The molecule has 0 radical (unpaired) electrons. The van der Waals surface area contributed by atoms with Gasteiger partial charge in [0, 0.05) is 34.5 Å². The van der Waals surface area contributed by atoms with E-state index in [1.807, 2.05) is 20.8 Å². The van der Waals surface area contributed by atoms with Gasteiger partial charge >= 0.3 is 0 Å². The molecular formula is C26H34Cl2N2O2S. The molecule has 0 saturated heterocycles. The van der Waals surface area contributed by atoms with Crippen LogP contribution in [0, 0.1) is 19.8 Å². The molecule has 2 amide bonds. The van der Waals surface area contributed by atoms with Crippen LogP contribution in [-0.4, -0.2) is 35.1 Å². The van der Waals surface area contributed by atoms with Crippen molar-refractivity contribution >= 4 is 46.8 Å². The lowest BCUT2D eigenvalue weighted by molar-refractivity contribution is -0.139. The standard InChI is InChI=1S/C26H34Cl2N2O2S/c1-6-24(26(32)29-13-17(2)3)30(14-21-22(27)8-7-9-23(21)28)25(31)16-33-15-20-11-18(4)10-19(5)12-20/h7-12,17,24H,6,13-16H2,1-5H3,(H,29,32)/t24-/m0/s1. The second-order valence-corrected chi connectivity index (χ2v) is 10.6. The Morgan fingerprint density at radius 1 is 1.06 bits per heavy atom. The molecular weight excluding hydrogens is 475 g/mol. The molecule has 0 aromatic heterocycles. The van der Waals surface area contributed by atoms with Gasteiger partial charge in [-0.1, -0.05) is 79.4 Å². The minimum atomic E-state index is -0.592. The third-order valence-electron chi connectivity index (χ3n) is 5.24. The zero-order chi connectivity index (χ0) is 24.5. The highest BCUT2D eigenvalue weighted by atomic mass is 35.5. The maximum absolute atomic E-state index is 13.4. The highest BCUT2D eigenvalue weighted by Crippen LogP contribution is 2.27. The maximum atomic E-state index is 13.4. The number of hydrogen-bond acceptors (Lipinski definition) is 3. The van der Waals surface area contributed by atoms with Crippen LogP contribution in [-0.2, 0) is 21.9 Å². The molecule has 0 fully saturated rings. The van der Waals surface area contributed by atoms with E-state index in [4.69, 9.17) is 23.2 Å². The molecule has 0 heterocycles. The quantitative estimate of drug-likeness (QED) is 0.380. The zero-order valence-electron chi connectivity index (χ0n) is 20.1. The summed E-state index contributed by atoms with van der Waals surface area (Å²) in [6, 6.07) is 11.1. The van der Waals surface area contributed by atoms with E-state index in [2.05, 4.69) is 37.4 Å². The van der Waals surface area contributed by atoms with E-state index in [1.165, 1.54) is 16.7 Å². The summed E-state index contributed by atoms with van der Waals surface area (Å²) in [4.78, 5) is 28.0. The molecule has 0 bridgehead atoms. The molecule has 1 N–H and O–H groups in total. The first-order valence-corrected chi connectivity index (χ1v) is 13.2. The molecule has 0 aliphatic carbocycles. The Hall–Kier alpha value is -1.69. The fourth-order valence-electron chi connectivity index (χ4n) is 3.69. The first-order chi connectivity index (χ1) is 15.6. The highest BCUT2D eigenvalue weighted by molar-refractivity contribution is 7.99. The van der Waals surface area contributed by atoms with Crippen molar-refractivity contribution in [1.29, 1.82) is 0 Å². The molecule has 2 rings (SSSR count). The minimum absolute atomic E-state index is 0.105. The molecule has 0 aliphatic heterocycles. The van der Waals surface area contributed by atoms with Crippen LogP contribution < -0.4 is 5.32 Å². The van der Waals surface area contributed by atoms with Gasteiger partial charge in [-0.2, -0.15) is 0 Å². The van der Waals surface area contributed by atoms with E-state index in [0.717, 1.165) is 5.75 Å². The molecule has 33 heavy (non-hydrogen) atoms. The van der Waals surface area contributed by atoms with E-state index in [0.29, 0.717) is 34.5 Å². The van der Waals surface area contributed by atoms with Crippen molar-refractivity contribution in [3.63, 3.8) is 0 Å². The van der Waals surface area contributed by atoms with Gasteiger partial charge in [0.1, 0.15) is 6.04 Å². The van der Waals surface area contributed by atoms with E-state index in [-0.39, 0.29) is 24.1 Å². The molecule has 0 spiro atoms. The summed E-state index contributed by atoms with van der Waals surface area (Å²) in [6.45, 7) is 10.9. The zero-order valence-corrected chi connectivity index (χ0v) is 22.4. The van der Waals surface area contributed by atoms with E-state index < -0.39 is 6.04 Å². The summed E-state index contributed by atoms with van der Waals surface area (Å²) in [5.41, 5.74) is 4.26. The summed E-state index contributed by atoms with van der Waals surface area (Å²) in [6.07, 6.45) is 0.499. The molecule has 2 aromatic carbocycles. The number of rotatable bonds is 11. The van der Waals surface area contributed by atoms with Crippen LogP contribution in [0.4, 0.5) is 0 Å². The van der Waals surface area contributed by atoms with Crippen LogP contribution in [0.3, 0.4) is 0 Å². The lowest BCUT2D eigenvalue weighted by Gasteiger charge is -2.31. The number of carbonyl (C=O) groups excluding carboxylic acids is 2. The first kappa shape index (κ1) is 27.6. The first-order valence-electron chi connectivity index (χ1n) is 11.3. The Labute approximate surface area is 212 Å². The monoisotopic (exact) mass is 508 g/mol. The number of carbonyl (C=O) groups is 2. The summed E-state index contributed by atoms with van der Waals surface area (Å²) < 4.78 is 0. The van der Waals surface area contributed by atoms with Crippen molar-refractivity contribution in [2.75, 3.05) is 12.3 Å². The van der Waals surface area contributed by atoms with E-state index in [1.54, 1.807) is 34.9 Å². The molecule has 4 nitrogen and oxygen atoms in total. The smallest absolute Gasteiger partial charge is 0.242 e. The Morgan fingerprint density at radius 2 is 1.67 bits per heavy atom. The van der Waals surface area contributed by atoms with E-state index in [9.17, 15) is 9.59 Å². The summed E-state index contributed by atoms with van der Waals surface area (Å²) >= 11 is 14.3. The number of amides is 2. The molecule has 0 unspecified atom stereocenters. The minimum Gasteiger partial charge on any atom is -0.354 e. The van der Waals surface area contributed by atoms with Crippen LogP contribution in [0.2, 0.25) is 10.0 Å². The highest BCUT2D eigenvalue weighted by Gasteiger charge is 2.29. The van der Waals surface area contributed by atoms with Gasteiger partial charge in [-0.3, -0.25) is 9.59 Å². The van der Waals surface area contributed by atoms with Crippen molar-refractivity contribution in [3.8, 4) is 0 Å². The fraction of sp³-hybridized carbons (Fsp3) is 0.462. The second kappa shape index (κ2) is 13.3. The second-order valence-electron chi connectivity index (χ2n) is 8.77. The average Bonchev–Trinajstić information content (AvgIpc) is 2.73. The van der Waals surface area contributed by atoms with Crippen LogP contribution in [0.1, 0.15) is 49.4 Å². The number of benzene rings is 2. The number of hydrogen-bond donors (Lipinski definition) is 1. The van der Waals surface area contributed by atoms with Crippen molar-refractivity contribution in [2.24, 2.45) is 5.92 Å². The van der Waals surface area contributed by atoms with E-state index >= 15 is 0 Å². The SMILES string of the molecule is CC[C@@H](C(=O)NCC(C)C)N(Cc1c(Cl)cccc1Cl)C(=O)CSCc1cc(C)cc(C)c1. The molecule has 0 saturated carbocycles. The van der Waals surface area contributed by atoms with Crippen LogP contribution in [0.15, 0.2) is 36.4 Å². The fourth-order valence-corrected chi connectivity index (χ4v) is 5.05. The molecule has 7 heteroatoms. The molecule has 0 aliphatic rings. The van der Waals surface area contributed by atoms with Crippen molar-refractivity contribution in [3.05, 3.63) is 68.7 Å². The van der Waals surface area contributed by atoms with Crippen molar-refractivity contribution in [2.45, 2.75) is 59.4 Å². The predicted octanol–water partition coefficient (Wildman–Crippen LogP) is 6.42. The van der Waals surface area contributed by atoms with Crippen LogP contribution >= 0.6 is 35.0 Å². The van der Waals surface area contributed by atoms with Crippen LogP contribution in [0.5, 0.6) is 0 Å². The Bertz CT molecular complexity index is 925. The Balaban J connectivity index is 2.20. The van der Waals surface area contributed by atoms with Crippen molar-refractivity contribution < 1.29 is 9.59 Å². The number of thioether (sulfide) groups is 1. The topological polar surface area (TPSA) is 49.4 Å². The normalized spacial score (nSPS) is 12.0. The maximum Gasteiger partial charge on any atom is 0.242 e. The number of halogens is 2. The number of aryl methyl sites for hydroxylation is 2. The van der Waals surface area contributed by atoms with Gasteiger partial charge in [0.15, 0.2) is 0 Å². The van der Waals surface area contributed by atoms with Gasteiger partial charge in [0.25, 0.3) is 0 Å². The third-order valence-corrected chi connectivity index (χ3v) is 6.93. The largest absolute Gasteiger partial charge is 0.354 e. The average molecular weight is 510 g/mol. The van der Waals surface area contributed by atoms with Gasteiger partial charge in [-0.25, -0.2) is 0 Å². The number of nitrogens with zero attached hydrogens (tertiary/aromatic N) is 1. The van der Waals surface area contributed by atoms with Gasteiger partial charge in [0.2, 0.25) is 11.8 Å². The lowest BCUT2D eigenvalue weighted by atomic mass is 10.1. The third kappa shape index (κ3) is 8.55. The van der Waals surface area contributed by atoms with Crippen molar-refractivity contribution in [1.82, 2.24) is 10.2 Å². The lowest BCUT2D eigenvalue weighted by Crippen LogP contribution is -2.50. The summed E-state index contributed by atoms with van der Waals surface area (Å²) in [5, 5.41) is 3.95. The van der Waals surface area contributed by atoms with Gasteiger partial charge in [-0.05, 0) is 43.9 Å². The number of nitrogens with one attached hydrogen (secondary N) is 1. The molecule has 180 valence electrons. The molecule has 1 atom stereocenters.